The molecule has 0 saturated heterocycles. The number of furan rings is 1. The number of sulfonamides is 1. The van der Waals surface area contributed by atoms with Crippen molar-refractivity contribution in [1.82, 2.24) is 4.72 Å². The predicted octanol–water partition coefficient (Wildman–Crippen LogP) is 1.14. The van der Waals surface area contributed by atoms with E-state index in [0.717, 1.165) is 12.8 Å². The Hall–Kier alpha value is -0.890. The molecule has 0 aliphatic rings. The molecule has 0 bridgehead atoms. The third kappa shape index (κ3) is 4.94. The van der Waals surface area contributed by atoms with Gasteiger partial charge in [0, 0.05) is 19.2 Å². The fourth-order valence-corrected chi connectivity index (χ4v) is 2.78. The first kappa shape index (κ1) is 16.2. The van der Waals surface area contributed by atoms with Crippen LogP contribution in [0.3, 0.4) is 0 Å². The molecule has 0 aromatic carbocycles. The zero-order valence-corrected chi connectivity index (χ0v) is 12.3. The van der Waals surface area contributed by atoms with E-state index in [4.69, 9.17) is 14.9 Å². The van der Waals surface area contributed by atoms with Crippen LogP contribution in [0, 0.1) is 6.92 Å². The molecule has 0 fully saturated rings. The molecule has 0 spiro atoms. The first-order valence-corrected chi connectivity index (χ1v) is 7.86. The second-order valence-corrected chi connectivity index (χ2v) is 5.94. The summed E-state index contributed by atoms with van der Waals surface area (Å²) in [6.45, 7) is 5.11. The van der Waals surface area contributed by atoms with Crippen LogP contribution in [0.25, 0.3) is 0 Å². The summed E-state index contributed by atoms with van der Waals surface area (Å²) >= 11 is 0. The van der Waals surface area contributed by atoms with Crippen molar-refractivity contribution in [3.05, 3.63) is 17.6 Å². The lowest BCUT2D eigenvalue weighted by atomic mass is 10.4. The second-order valence-electron chi connectivity index (χ2n) is 4.20. The highest BCUT2D eigenvalue weighted by atomic mass is 32.2. The summed E-state index contributed by atoms with van der Waals surface area (Å²) in [4.78, 5) is 0.140. The lowest BCUT2D eigenvalue weighted by Gasteiger charge is -2.06. The molecular formula is C12H22N2O4S. The quantitative estimate of drug-likeness (QED) is 0.665. The Morgan fingerprint density at radius 3 is 2.74 bits per heavy atom. The number of unbranched alkanes of at least 4 members (excludes halogenated alkanes) is 1. The highest BCUT2D eigenvalue weighted by molar-refractivity contribution is 7.89. The molecule has 1 aromatic heterocycles. The number of aryl methyl sites for hydroxylation is 1. The third-order valence-corrected chi connectivity index (χ3v) is 4.16. The van der Waals surface area contributed by atoms with E-state index in [9.17, 15) is 8.42 Å². The molecule has 1 heterocycles. The van der Waals surface area contributed by atoms with Crippen LogP contribution >= 0.6 is 0 Å². The average Bonchev–Trinajstić information content (AvgIpc) is 2.76. The van der Waals surface area contributed by atoms with Gasteiger partial charge >= 0.3 is 0 Å². The molecule has 0 unspecified atom stereocenters. The summed E-state index contributed by atoms with van der Waals surface area (Å²) in [6.07, 6.45) is 2.04. The molecule has 0 aliphatic carbocycles. The summed E-state index contributed by atoms with van der Waals surface area (Å²) in [7, 11) is -3.55. The van der Waals surface area contributed by atoms with Crippen molar-refractivity contribution in [1.29, 1.82) is 0 Å². The highest BCUT2D eigenvalue weighted by Gasteiger charge is 2.20. The smallest absolute Gasteiger partial charge is 0.244 e. The molecular weight excluding hydrogens is 268 g/mol. The van der Waals surface area contributed by atoms with Crippen LogP contribution < -0.4 is 10.5 Å². The Balaban J connectivity index is 2.49. The molecule has 0 radical (unpaired) electrons. The molecule has 110 valence electrons. The van der Waals surface area contributed by atoms with Gasteiger partial charge in [0.1, 0.15) is 16.4 Å². The van der Waals surface area contributed by atoms with Crippen LogP contribution in [0.5, 0.6) is 0 Å². The number of hydrogen-bond acceptors (Lipinski definition) is 5. The van der Waals surface area contributed by atoms with Crippen molar-refractivity contribution in [2.24, 2.45) is 5.73 Å². The minimum Gasteiger partial charge on any atom is -0.464 e. The summed E-state index contributed by atoms with van der Waals surface area (Å²) < 4.78 is 37.0. The molecule has 0 aliphatic heterocycles. The standard InChI is InChI=1S/C12H22N2O4S/c1-3-4-6-17-7-5-14-19(15,16)12-8-11(9-13)18-10(12)2/h8,14H,3-7,9,13H2,1-2H3. The van der Waals surface area contributed by atoms with E-state index < -0.39 is 10.0 Å². The van der Waals surface area contributed by atoms with Crippen molar-refractivity contribution in [2.45, 2.75) is 38.1 Å². The first-order chi connectivity index (χ1) is 9.01. The number of nitrogens with two attached hydrogens (primary N) is 1. The number of rotatable bonds is 9. The van der Waals surface area contributed by atoms with Crippen molar-refractivity contribution < 1.29 is 17.6 Å². The topological polar surface area (TPSA) is 94.6 Å². The van der Waals surface area contributed by atoms with Gasteiger partial charge in [-0.25, -0.2) is 13.1 Å². The summed E-state index contributed by atoms with van der Waals surface area (Å²) in [6, 6.07) is 1.45. The van der Waals surface area contributed by atoms with Gasteiger partial charge in [-0.1, -0.05) is 13.3 Å². The Kier molecular flexibility index (Phi) is 6.50. The molecule has 3 N–H and O–H groups in total. The van der Waals surface area contributed by atoms with Crippen LogP contribution in [0.1, 0.15) is 31.3 Å². The second kappa shape index (κ2) is 7.64. The van der Waals surface area contributed by atoms with Crippen LogP contribution in [-0.2, 0) is 21.3 Å². The summed E-state index contributed by atoms with van der Waals surface area (Å²) in [5, 5.41) is 0. The maximum absolute atomic E-state index is 12.0. The van der Waals surface area contributed by atoms with Gasteiger partial charge in [-0.15, -0.1) is 0 Å². The van der Waals surface area contributed by atoms with Crippen molar-refractivity contribution in [3.8, 4) is 0 Å². The zero-order valence-electron chi connectivity index (χ0n) is 11.4. The minimum atomic E-state index is -3.55. The average molecular weight is 290 g/mol. The van der Waals surface area contributed by atoms with Crippen LogP contribution in [0.15, 0.2) is 15.4 Å². The van der Waals surface area contributed by atoms with E-state index in [2.05, 4.69) is 11.6 Å². The van der Waals surface area contributed by atoms with E-state index in [0.29, 0.717) is 24.7 Å². The number of nitrogens with one attached hydrogen (secondary N) is 1. The Labute approximate surface area is 114 Å². The van der Waals surface area contributed by atoms with E-state index >= 15 is 0 Å². The van der Waals surface area contributed by atoms with Gasteiger partial charge < -0.3 is 14.9 Å². The Bertz CT molecular complexity index is 482. The van der Waals surface area contributed by atoms with E-state index in [1.165, 1.54) is 6.07 Å². The van der Waals surface area contributed by atoms with Crippen molar-refractivity contribution >= 4 is 10.0 Å². The number of ether oxygens (including phenoxy) is 1. The molecule has 19 heavy (non-hydrogen) atoms. The van der Waals surface area contributed by atoms with Gasteiger partial charge in [0.25, 0.3) is 0 Å². The van der Waals surface area contributed by atoms with Crippen LogP contribution in [-0.4, -0.2) is 28.2 Å². The number of hydrogen-bond donors (Lipinski definition) is 2. The maximum Gasteiger partial charge on any atom is 0.244 e. The monoisotopic (exact) mass is 290 g/mol. The third-order valence-electron chi connectivity index (χ3n) is 2.59. The van der Waals surface area contributed by atoms with Gasteiger partial charge in [-0.05, 0) is 13.3 Å². The first-order valence-electron chi connectivity index (χ1n) is 6.38. The van der Waals surface area contributed by atoms with Crippen molar-refractivity contribution in [3.63, 3.8) is 0 Å². The molecule has 0 saturated carbocycles. The molecule has 0 atom stereocenters. The van der Waals surface area contributed by atoms with Gasteiger partial charge in [0.15, 0.2) is 0 Å². The molecule has 1 rings (SSSR count). The molecule has 7 heteroatoms. The van der Waals surface area contributed by atoms with Gasteiger partial charge in [-0.3, -0.25) is 0 Å². The maximum atomic E-state index is 12.0. The largest absolute Gasteiger partial charge is 0.464 e. The van der Waals surface area contributed by atoms with E-state index in [-0.39, 0.29) is 18.0 Å². The molecule has 0 amide bonds. The summed E-state index contributed by atoms with van der Waals surface area (Å²) in [5.74, 6) is 0.803. The molecule has 1 aromatic rings. The lowest BCUT2D eigenvalue weighted by Crippen LogP contribution is -2.27. The fourth-order valence-electron chi connectivity index (χ4n) is 1.57. The van der Waals surface area contributed by atoms with Gasteiger partial charge in [0.2, 0.25) is 10.0 Å². The van der Waals surface area contributed by atoms with E-state index in [1.54, 1.807) is 6.92 Å². The Morgan fingerprint density at radius 2 is 2.16 bits per heavy atom. The SMILES string of the molecule is CCCCOCCNS(=O)(=O)c1cc(CN)oc1C. The summed E-state index contributed by atoms with van der Waals surface area (Å²) in [5.41, 5.74) is 5.41. The van der Waals surface area contributed by atoms with Crippen LogP contribution in [0.4, 0.5) is 0 Å². The highest BCUT2D eigenvalue weighted by Crippen LogP contribution is 2.19. The van der Waals surface area contributed by atoms with E-state index in [1.807, 2.05) is 0 Å². The minimum absolute atomic E-state index is 0.140. The van der Waals surface area contributed by atoms with Crippen molar-refractivity contribution in [2.75, 3.05) is 19.8 Å². The van der Waals surface area contributed by atoms with Gasteiger partial charge in [-0.2, -0.15) is 0 Å². The lowest BCUT2D eigenvalue weighted by molar-refractivity contribution is 0.136. The Morgan fingerprint density at radius 1 is 1.42 bits per heavy atom. The zero-order chi connectivity index (χ0) is 14.3. The fraction of sp³-hybridized carbons (Fsp3) is 0.667. The van der Waals surface area contributed by atoms with Gasteiger partial charge in [0.05, 0.1) is 13.2 Å². The normalized spacial score (nSPS) is 11.9. The molecule has 6 nitrogen and oxygen atoms in total. The predicted molar refractivity (Wildman–Crippen MR) is 72.3 cm³/mol. The van der Waals surface area contributed by atoms with Crippen LogP contribution in [0.2, 0.25) is 0 Å².